The summed E-state index contributed by atoms with van der Waals surface area (Å²) in [6.45, 7) is 4.29. The molecule has 0 amide bonds. The normalized spacial score (nSPS) is 10.6. The van der Waals surface area contributed by atoms with Crippen molar-refractivity contribution in [1.29, 1.82) is 0 Å². The predicted octanol–water partition coefficient (Wildman–Crippen LogP) is 3.42. The molecule has 0 saturated carbocycles. The molecule has 6 nitrogen and oxygen atoms in total. The summed E-state index contributed by atoms with van der Waals surface area (Å²) < 4.78 is 11.8. The molecule has 0 atom stereocenters. The van der Waals surface area contributed by atoms with E-state index >= 15 is 0 Å². The van der Waals surface area contributed by atoms with Crippen molar-refractivity contribution in [3.63, 3.8) is 0 Å². The molecule has 3 rings (SSSR count). The van der Waals surface area contributed by atoms with E-state index < -0.39 is 11.9 Å². The zero-order valence-electron chi connectivity index (χ0n) is 15.1. The van der Waals surface area contributed by atoms with Gasteiger partial charge in [-0.1, -0.05) is 18.2 Å². The quantitative estimate of drug-likeness (QED) is 0.512. The Morgan fingerprint density at radius 2 is 1.59 bits per heavy atom. The lowest BCUT2D eigenvalue weighted by Gasteiger charge is -2.11. The van der Waals surface area contributed by atoms with Crippen LogP contribution in [0.1, 0.15) is 34.6 Å². The highest BCUT2D eigenvalue weighted by Gasteiger charge is 2.16. The largest absolute Gasteiger partial charge is 0.462 e. The van der Waals surface area contributed by atoms with E-state index in [2.05, 4.69) is 0 Å². The van der Waals surface area contributed by atoms with Crippen molar-refractivity contribution in [3.05, 3.63) is 76.2 Å². The molecule has 0 N–H and O–H groups in total. The van der Waals surface area contributed by atoms with E-state index in [-0.39, 0.29) is 12.2 Å². The molecular weight excluding hydrogens is 346 g/mol. The van der Waals surface area contributed by atoms with Gasteiger partial charge in [-0.05, 0) is 44.2 Å². The third-order valence-corrected chi connectivity index (χ3v) is 4.13. The summed E-state index contributed by atoms with van der Waals surface area (Å²) in [6.07, 6.45) is 1.51. The molecule has 0 unspecified atom stereocenters. The number of aryl methyl sites for hydroxylation is 1. The molecule has 0 bridgehead atoms. The minimum Gasteiger partial charge on any atom is -0.462 e. The number of nitrogens with zero attached hydrogens (tertiary/aromatic N) is 1. The maximum atomic E-state index is 12.7. The van der Waals surface area contributed by atoms with Gasteiger partial charge >= 0.3 is 11.9 Å². The first-order valence-corrected chi connectivity index (χ1v) is 8.66. The number of ether oxygens (including phenoxy) is 2. The lowest BCUT2D eigenvalue weighted by molar-refractivity contribution is 0.0526. The van der Waals surface area contributed by atoms with Crippen LogP contribution in [-0.4, -0.2) is 23.1 Å². The lowest BCUT2D eigenvalue weighted by atomic mass is 10.1. The molecule has 0 spiro atoms. The first kappa shape index (κ1) is 18.4. The zero-order valence-corrected chi connectivity index (χ0v) is 15.1. The zero-order chi connectivity index (χ0) is 19.4. The Kier molecular flexibility index (Phi) is 5.35. The highest BCUT2D eigenvalue weighted by molar-refractivity contribution is 6.04. The average Bonchev–Trinajstić information content (AvgIpc) is 2.69. The number of pyridine rings is 1. The van der Waals surface area contributed by atoms with E-state index in [4.69, 9.17) is 9.47 Å². The molecule has 1 heterocycles. The highest BCUT2D eigenvalue weighted by atomic mass is 16.5. The standard InChI is InChI=1S/C21H19NO5/c1-3-22-13-18(16-7-5-6-8-17(16)19(22)23)21(25)27-15-11-9-14(10-12-15)20(24)26-4-2/h5-13H,3-4H2,1-2H3. The van der Waals surface area contributed by atoms with Crippen molar-refractivity contribution in [3.8, 4) is 5.75 Å². The maximum Gasteiger partial charge on any atom is 0.345 e. The van der Waals surface area contributed by atoms with Gasteiger partial charge in [0.1, 0.15) is 5.75 Å². The van der Waals surface area contributed by atoms with Crippen LogP contribution in [0.25, 0.3) is 10.8 Å². The Morgan fingerprint density at radius 1 is 0.926 bits per heavy atom. The second-order valence-electron chi connectivity index (χ2n) is 5.81. The van der Waals surface area contributed by atoms with Crippen LogP contribution in [0.5, 0.6) is 5.75 Å². The van der Waals surface area contributed by atoms with E-state index in [9.17, 15) is 14.4 Å². The van der Waals surface area contributed by atoms with Gasteiger partial charge in [-0.15, -0.1) is 0 Å². The monoisotopic (exact) mass is 365 g/mol. The maximum absolute atomic E-state index is 12.7. The summed E-state index contributed by atoms with van der Waals surface area (Å²) >= 11 is 0. The number of carbonyl (C=O) groups excluding carboxylic acids is 2. The molecule has 6 heteroatoms. The van der Waals surface area contributed by atoms with Crippen LogP contribution in [0.15, 0.2) is 59.5 Å². The Labute approximate surface area is 156 Å². The minimum atomic E-state index is -0.572. The summed E-state index contributed by atoms with van der Waals surface area (Å²) in [4.78, 5) is 36.8. The molecule has 0 aliphatic carbocycles. The molecule has 1 aromatic heterocycles. The summed E-state index contributed by atoms with van der Waals surface area (Å²) in [6, 6.07) is 13.1. The van der Waals surface area contributed by atoms with Gasteiger partial charge in [-0.3, -0.25) is 4.79 Å². The van der Waals surface area contributed by atoms with Gasteiger partial charge < -0.3 is 14.0 Å². The first-order valence-electron chi connectivity index (χ1n) is 8.66. The van der Waals surface area contributed by atoms with E-state index in [1.165, 1.54) is 35.0 Å². The number of benzene rings is 2. The Balaban J connectivity index is 1.92. The summed E-state index contributed by atoms with van der Waals surface area (Å²) in [5, 5.41) is 1.01. The Hall–Kier alpha value is -3.41. The van der Waals surface area contributed by atoms with Crippen LogP contribution < -0.4 is 10.3 Å². The number of carbonyl (C=O) groups is 2. The number of aromatic nitrogens is 1. The lowest BCUT2D eigenvalue weighted by Crippen LogP contribution is -2.22. The Bertz CT molecular complexity index is 1050. The van der Waals surface area contributed by atoms with Gasteiger partial charge in [0.05, 0.1) is 17.7 Å². The fourth-order valence-corrected chi connectivity index (χ4v) is 2.78. The molecule has 0 radical (unpaired) electrons. The van der Waals surface area contributed by atoms with Gasteiger partial charge in [-0.25, -0.2) is 9.59 Å². The van der Waals surface area contributed by atoms with Crippen molar-refractivity contribution in [2.75, 3.05) is 6.61 Å². The summed E-state index contributed by atoms with van der Waals surface area (Å²) in [5.74, 6) is -0.708. The van der Waals surface area contributed by atoms with Crippen molar-refractivity contribution in [1.82, 2.24) is 4.57 Å². The molecule has 0 saturated heterocycles. The van der Waals surface area contributed by atoms with Crippen LogP contribution >= 0.6 is 0 Å². The van der Waals surface area contributed by atoms with Gasteiger partial charge in [0.25, 0.3) is 5.56 Å². The van der Waals surface area contributed by atoms with E-state index in [1.54, 1.807) is 31.2 Å². The highest BCUT2D eigenvalue weighted by Crippen LogP contribution is 2.19. The van der Waals surface area contributed by atoms with Crippen LogP contribution in [0.2, 0.25) is 0 Å². The van der Waals surface area contributed by atoms with Crippen molar-refractivity contribution in [2.24, 2.45) is 0 Å². The van der Waals surface area contributed by atoms with E-state index in [0.717, 1.165) is 0 Å². The Morgan fingerprint density at radius 3 is 2.22 bits per heavy atom. The van der Waals surface area contributed by atoms with E-state index in [1.807, 2.05) is 6.92 Å². The van der Waals surface area contributed by atoms with Crippen LogP contribution in [0, 0.1) is 0 Å². The topological polar surface area (TPSA) is 74.6 Å². The second kappa shape index (κ2) is 7.86. The number of rotatable bonds is 5. The van der Waals surface area contributed by atoms with Crippen molar-refractivity contribution < 1.29 is 19.1 Å². The summed E-state index contributed by atoms with van der Waals surface area (Å²) in [5.41, 5.74) is 0.534. The van der Waals surface area contributed by atoms with E-state index in [0.29, 0.717) is 34.2 Å². The number of hydrogen-bond acceptors (Lipinski definition) is 5. The molecule has 27 heavy (non-hydrogen) atoms. The molecule has 0 fully saturated rings. The molecule has 0 aliphatic heterocycles. The SMILES string of the molecule is CCOC(=O)c1ccc(OC(=O)c2cn(CC)c(=O)c3ccccc23)cc1. The smallest absolute Gasteiger partial charge is 0.345 e. The molecular formula is C21H19NO5. The number of esters is 2. The third kappa shape index (κ3) is 3.74. The molecule has 0 aliphatic rings. The van der Waals surface area contributed by atoms with Crippen LogP contribution in [0.4, 0.5) is 0 Å². The van der Waals surface area contributed by atoms with Gasteiger partial charge in [-0.2, -0.15) is 0 Å². The fraction of sp³-hybridized carbons (Fsp3) is 0.190. The van der Waals surface area contributed by atoms with Crippen LogP contribution in [-0.2, 0) is 11.3 Å². The second-order valence-corrected chi connectivity index (χ2v) is 5.81. The van der Waals surface area contributed by atoms with Crippen molar-refractivity contribution in [2.45, 2.75) is 20.4 Å². The van der Waals surface area contributed by atoms with Gasteiger partial charge in [0, 0.05) is 23.5 Å². The minimum absolute atomic E-state index is 0.150. The van der Waals surface area contributed by atoms with Gasteiger partial charge in [0.15, 0.2) is 0 Å². The third-order valence-electron chi connectivity index (χ3n) is 4.13. The predicted molar refractivity (Wildman–Crippen MR) is 101 cm³/mol. The summed E-state index contributed by atoms with van der Waals surface area (Å²) in [7, 11) is 0. The number of hydrogen-bond donors (Lipinski definition) is 0. The molecule has 3 aromatic rings. The number of fused-ring (bicyclic) bond motifs is 1. The average molecular weight is 365 g/mol. The first-order chi connectivity index (χ1) is 13.0. The fourth-order valence-electron chi connectivity index (χ4n) is 2.78. The van der Waals surface area contributed by atoms with Crippen molar-refractivity contribution >= 4 is 22.7 Å². The van der Waals surface area contributed by atoms with Crippen LogP contribution in [0.3, 0.4) is 0 Å². The molecule has 2 aromatic carbocycles. The molecule has 138 valence electrons. The van der Waals surface area contributed by atoms with Gasteiger partial charge in [0.2, 0.25) is 0 Å².